The zero-order chi connectivity index (χ0) is 17.3. The van der Waals surface area contributed by atoms with E-state index >= 15 is 0 Å². The molecule has 0 spiro atoms. The SMILES string of the molecule is C=CN(C)C(/N=C(\C)CC(C)C)=C(/C)C(=C)N(C)CCCC. The molecule has 0 saturated carbocycles. The number of hydrogen-bond acceptors (Lipinski definition) is 3. The van der Waals surface area contributed by atoms with E-state index < -0.39 is 0 Å². The lowest BCUT2D eigenvalue weighted by Gasteiger charge is -2.25. The first-order chi connectivity index (χ1) is 10.2. The van der Waals surface area contributed by atoms with Gasteiger partial charge in [0.2, 0.25) is 0 Å². The Kier molecular flexibility index (Phi) is 9.55. The van der Waals surface area contributed by atoms with Crippen molar-refractivity contribution in [2.45, 2.75) is 53.9 Å². The van der Waals surface area contributed by atoms with Gasteiger partial charge in [-0.15, -0.1) is 0 Å². The summed E-state index contributed by atoms with van der Waals surface area (Å²) in [5.41, 5.74) is 3.27. The summed E-state index contributed by atoms with van der Waals surface area (Å²) < 4.78 is 0. The number of rotatable bonds is 10. The second-order valence-corrected chi connectivity index (χ2v) is 6.41. The van der Waals surface area contributed by atoms with Crippen LogP contribution in [0.25, 0.3) is 0 Å². The molecular weight excluding hydrogens is 270 g/mol. The summed E-state index contributed by atoms with van der Waals surface area (Å²) in [6.07, 6.45) is 5.15. The lowest BCUT2D eigenvalue weighted by Crippen LogP contribution is -2.22. The maximum atomic E-state index is 4.83. The quantitative estimate of drug-likeness (QED) is 0.415. The number of allylic oxidation sites excluding steroid dienone is 1. The molecule has 0 aromatic heterocycles. The highest BCUT2D eigenvalue weighted by Crippen LogP contribution is 2.20. The van der Waals surface area contributed by atoms with Gasteiger partial charge in [-0.1, -0.05) is 40.3 Å². The van der Waals surface area contributed by atoms with E-state index in [9.17, 15) is 0 Å². The van der Waals surface area contributed by atoms with Gasteiger partial charge in [0.15, 0.2) is 0 Å². The summed E-state index contributed by atoms with van der Waals surface area (Å²) in [7, 11) is 4.08. The van der Waals surface area contributed by atoms with Crippen LogP contribution in [0.5, 0.6) is 0 Å². The molecule has 3 heteroatoms. The van der Waals surface area contributed by atoms with E-state index in [0.717, 1.165) is 35.8 Å². The Bertz CT molecular complexity index is 430. The third kappa shape index (κ3) is 6.97. The first-order valence-electron chi connectivity index (χ1n) is 8.25. The second kappa shape index (κ2) is 10.3. The van der Waals surface area contributed by atoms with Gasteiger partial charge in [0.1, 0.15) is 5.82 Å². The van der Waals surface area contributed by atoms with Crippen molar-refractivity contribution in [1.29, 1.82) is 0 Å². The van der Waals surface area contributed by atoms with Gasteiger partial charge in [0.05, 0.1) is 0 Å². The van der Waals surface area contributed by atoms with E-state index in [1.165, 1.54) is 12.8 Å². The molecule has 22 heavy (non-hydrogen) atoms. The van der Waals surface area contributed by atoms with Gasteiger partial charge in [0.25, 0.3) is 0 Å². The molecule has 0 atom stereocenters. The number of aliphatic imine (C=N–C) groups is 1. The van der Waals surface area contributed by atoms with Crippen LogP contribution in [-0.2, 0) is 0 Å². The Hall–Kier alpha value is -1.51. The average Bonchev–Trinajstić information content (AvgIpc) is 2.47. The van der Waals surface area contributed by atoms with Crippen molar-refractivity contribution in [3.05, 3.63) is 36.4 Å². The lowest BCUT2D eigenvalue weighted by molar-refractivity contribution is 0.410. The summed E-state index contributed by atoms with van der Waals surface area (Å²) >= 11 is 0. The number of unbranched alkanes of at least 4 members (excludes halogenated alkanes) is 1. The molecule has 0 aromatic rings. The van der Waals surface area contributed by atoms with Gasteiger partial charge >= 0.3 is 0 Å². The minimum absolute atomic E-state index is 0.606. The fourth-order valence-corrected chi connectivity index (χ4v) is 2.28. The molecule has 0 radical (unpaired) electrons. The normalized spacial score (nSPS) is 13.0. The van der Waals surface area contributed by atoms with Gasteiger partial charge in [-0.3, -0.25) is 0 Å². The van der Waals surface area contributed by atoms with Gasteiger partial charge in [-0.2, -0.15) is 0 Å². The zero-order valence-corrected chi connectivity index (χ0v) is 15.7. The Morgan fingerprint density at radius 2 is 1.82 bits per heavy atom. The van der Waals surface area contributed by atoms with Crippen LogP contribution in [0.15, 0.2) is 41.4 Å². The van der Waals surface area contributed by atoms with Crippen LogP contribution in [0, 0.1) is 5.92 Å². The van der Waals surface area contributed by atoms with Crippen LogP contribution in [0.2, 0.25) is 0 Å². The number of likely N-dealkylation sites (N-methyl/N-ethyl adjacent to an activating group) is 1. The molecule has 0 N–H and O–H groups in total. The molecule has 3 nitrogen and oxygen atoms in total. The maximum Gasteiger partial charge on any atom is 0.137 e. The molecular formula is C19H35N3. The molecule has 0 unspecified atom stereocenters. The molecule has 0 aromatic carbocycles. The van der Waals surface area contributed by atoms with Crippen molar-refractivity contribution in [3.63, 3.8) is 0 Å². The first-order valence-corrected chi connectivity index (χ1v) is 8.25. The molecule has 0 aliphatic rings. The molecule has 0 fully saturated rings. The summed E-state index contributed by atoms with van der Waals surface area (Å²) in [5.74, 6) is 1.54. The predicted octanol–water partition coefficient (Wildman–Crippen LogP) is 5.05. The smallest absolute Gasteiger partial charge is 0.137 e. The maximum absolute atomic E-state index is 4.83. The lowest BCUT2D eigenvalue weighted by atomic mass is 10.1. The second-order valence-electron chi connectivity index (χ2n) is 6.41. The summed E-state index contributed by atoms with van der Waals surface area (Å²) in [6, 6.07) is 0. The third-order valence-electron chi connectivity index (χ3n) is 3.68. The van der Waals surface area contributed by atoms with E-state index in [0.29, 0.717) is 5.92 Å². The Labute approximate surface area is 138 Å². The molecule has 0 saturated heterocycles. The first kappa shape index (κ1) is 20.5. The molecule has 0 heterocycles. The van der Waals surface area contributed by atoms with Crippen molar-refractivity contribution < 1.29 is 0 Å². The highest BCUT2D eigenvalue weighted by molar-refractivity contribution is 5.83. The average molecular weight is 306 g/mol. The van der Waals surface area contributed by atoms with Crippen LogP contribution in [-0.4, -0.2) is 36.2 Å². The number of nitrogens with zero attached hydrogens (tertiary/aromatic N) is 3. The minimum atomic E-state index is 0.606. The van der Waals surface area contributed by atoms with Gasteiger partial charge in [-0.05, 0) is 38.8 Å². The molecule has 126 valence electrons. The Morgan fingerprint density at radius 3 is 2.27 bits per heavy atom. The molecule has 0 rings (SSSR count). The fraction of sp³-hybridized carbons (Fsp3) is 0.632. The van der Waals surface area contributed by atoms with Gasteiger partial charge in [0, 0.05) is 37.6 Å². The van der Waals surface area contributed by atoms with Crippen LogP contribution < -0.4 is 0 Å². The topological polar surface area (TPSA) is 18.8 Å². The van der Waals surface area contributed by atoms with Crippen LogP contribution in [0.1, 0.15) is 53.9 Å². The summed E-state index contributed by atoms with van der Waals surface area (Å²) in [4.78, 5) is 9.02. The third-order valence-corrected chi connectivity index (χ3v) is 3.68. The Morgan fingerprint density at radius 1 is 1.23 bits per heavy atom. The van der Waals surface area contributed by atoms with Crippen LogP contribution in [0.3, 0.4) is 0 Å². The van der Waals surface area contributed by atoms with Crippen molar-refractivity contribution in [2.24, 2.45) is 10.9 Å². The van der Waals surface area contributed by atoms with Crippen molar-refractivity contribution in [2.75, 3.05) is 20.6 Å². The summed E-state index contributed by atoms with van der Waals surface area (Å²) in [5, 5.41) is 0. The molecule has 0 amide bonds. The largest absolute Gasteiger partial charge is 0.375 e. The van der Waals surface area contributed by atoms with Crippen LogP contribution in [0.4, 0.5) is 0 Å². The fourth-order valence-electron chi connectivity index (χ4n) is 2.28. The highest BCUT2D eigenvalue weighted by atomic mass is 15.2. The van der Waals surface area contributed by atoms with E-state index in [4.69, 9.17) is 4.99 Å². The molecule has 0 bridgehead atoms. The van der Waals surface area contributed by atoms with E-state index in [1.54, 1.807) is 6.20 Å². The van der Waals surface area contributed by atoms with Crippen molar-refractivity contribution in [1.82, 2.24) is 9.80 Å². The van der Waals surface area contributed by atoms with Crippen molar-refractivity contribution in [3.8, 4) is 0 Å². The summed E-state index contributed by atoms with van der Waals surface area (Å²) in [6.45, 7) is 19.9. The monoisotopic (exact) mass is 305 g/mol. The van der Waals surface area contributed by atoms with E-state index in [1.807, 2.05) is 11.9 Å². The van der Waals surface area contributed by atoms with E-state index in [-0.39, 0.29) is 0 Å². The van der Waals surface area contributed by atoms with E-state index in [2.05, 4.69) is 59.7 Å². The van der Waals surface area contributed by atoms with Crippen LogP contribution >= 0.6 is 0 Å². The van der Waals surface area contributed by atoms with Gasteiger partial charge in [-0.25, -0.2) is 4.99 Å². The molecule has 0 aliphatic heterocycles. The number of hydrogen-bond donors (Lipinski definition) is 0. The minimum Gasteiger partial charge on any atom is -0.375 e. The van der Waals surface area contributed by atoms with Crippen molar-refractivity contribution >= 4 is 5.71 Å². The zero-order valence-electron chi connectivity index (χ0n) is 15.7. The predicted molar refractivity (Wildman–Crippen MR) is 99.9 cm³/mol. The standard InChI is InChI=1S/C19H35N3/c1-10-12-13-22(9)18(7)17(6)19(21(8)11-2)20-16(5)14-15(3)4/h11,15H,2,7,10,12-14H2,1,3-6,8-9H3/b19-17-,20-16+. The Balaban J connectivity index is 5.45. The van der Waals surface area contributed by atoms with Gasteiger partial charge < -0.3 is 9.80 Å². The highest BCUT2D eigenvalue weighted by Gasteiger charge is 2.12. The molecule has 0 aliphatic carbocycles.